The molecule has 0 unspecified atom stereocenters. The Labute approximate surface area is 198 Å². The summed E-state index contributed by atoms with van der Waals surface area (Å²) in [6.45, 7) is 3.34. The highest BCUT2D eigenvalue weighted by atomic mass is 35.5. The third-order valence-corrected chi connectivity index (χ3v) is 7.19. The summed E-state index contributed by atoms with van der Waals surface area (Å²) >= 11 is 6.05. The first-order valence-electron chi connectivity index (χ1n) is 9.64. The summed E-state index contributed by atoms with van der Waals surface area (Å²) in [5.74, 6) is -0.465. The molecule has 0 heterocycles. The summed E-state index contributed by atoms with van der Waals surface area (Å²) in [5, 5.41) is 3.13. The number of amides is 1. The van der Waals surface area contributed by atoms with Crippen molar-refractivity contribution in [2.45, 2.75) is 18.7 Å². The highest BCUT2D eigenvalue weighted by Crippen LogP contribution is 2.26. The van der Waals surface area contributed by atoms with E-state index in [4.69, 9.17) is 11.6 Å². The van der Waals surface area contributed by atoms with Gasteiger partial charge in [-0.05, 0) is 73.5 Å². The van der Waals surface area contributed by atoms with E-state index in [0.717, 1.165) is 6.26 Å². The van der Waals surface area contributed by atoms with Crippen LogP contribution in [0.15, 0.2) is 65.6 Å². The van der Waals surface area contributed by atoms with E-state index in [9.17, 15) is 21.6 Å². The Morgan fingerprint density at radius 1 is 0.788 bits per heavy atom. The van der Waals surface area contributed by atoms with E-state index in [1.165, 1.54) is 24.3 Å². The molecule has 0 saturated carbocycles. The normalized spacial score (nSPS) is 11.6. The molecule has 0 radical (unpaired) electrons. The SMILES string of the molecule is Cc1c(Cl)cccc1NS(=O)(=O)c1ccc(NC(=O)c2cccc(NS(C)(=O)=O)c2C)cc1. The lowest BCUT2D eigenvalue weighted by molar-refractivity contribution is 0.102. The number of anilines is 3. The summed E-state index contributed by atoms with van der Waals surface area (Å²) in [6, 6.07) is 15.3. The van der Waals surface area contributed by atoms with Crippen LogP contribution in [0.1, 0.15) is 21.5 Å². The molecule has 3 aromatic carbocycles. The Balaban J connectivity index is 1.78. The first-order chi connectivity index (χ1) is 15.4. The van der Waals surface area contributed by atoms with Gasteiger partial charge < -0.3 is 5.32 Å². The Kier molecular flexibility index (Phi) is 7.01. The molecule has 11 heteroatoms. The second-order valence-electron chi connectivity index (χ2n) is 7.35. The monoisotopic (exact) mass is 507 g/mol. The third kappa shape index (κ3) is 6.04. The van der Waals surface area contributed by atoms with Crippen molar-refractivity contribution in [3.63, 3.8) is 0 Å². The number of rotatable bonds is 7. The molecule has 0 aliphatic heterocycles. The number of carbonyl (C=O) groups is 1. The van der Waals surface area contributed by atoms with Crippen LogP contribution in [0, 0.1) is 13.8 Å². The van der Waals surface area contributed by atoms with Crippen LogP contribution in [0.25, 0.3) is 0 Å². The van der Waals surface area contributed by atoms with Gasteiger partial charge in [-0.15, -0.1) is 0 Å². The van der Waals surface area contributed by atoms with Gasteiger partial charge in [0.1, 0.15) is 0 Å². The third-order valence-electron chi connectivity index (χ3n) is 4.81. The molecule has 3 rings (SSSR count). The minimum Gasteiger partial charge on any atom is -0.322 e. The van der Waals surface area contributed by atoms with E-state index in [-0.39, 0.29) is 10.5 Å². The fourth-order valence-corrected chi connectivity index (χ4v) is 4.95. The molecule has 3 aromatic rings. The van der Waals surface area contributed by atoms with Crippen molar-refractivity contribution in [1.82, 2.24) is 0 Å². The Morgan fingerprint density at radius 2 is 1.36 bits per heavy atom. The summed E-state index contributed by atoms with van der Waals surface area (Å²) in [7, 11) is -7.37. The molecule has 0 aliphatic carbocycles. The molecule has 33 heavy (non-hydrogen) atoms. The Bertz CT molecular complexity index is 1420. The number of sulfonamides is 2. The van der Waals surface area contributed by atoms with Gasteiger partial charge in [0.15, 0.2) is 0 Å². The highest BCUT2D eigenvalue weighted by Gasteiger charge is 2.17. The molecular weight excluding hydrogens is 486 g/mol. The molecule has 0 aromatic heterocycles. The van der Waals surface area contributed by atoms with Gasteiger partial charge >= 0.3 is 0 Å². The van der Waals surface area contributed by atoms with E-state index in [1.54, 1.807) is 50.2 Å². The quantitative estimate of drug-likeness (QED) is 0.438. The molecule has 0 fully saturated rings. The van der Waals surface area contributed by atoms with Gasteiger partial charge in [0, 0.05) is 16.3 Å². The zero-order valence-electron chi connectivity index (χ0n) is 18.0. The topological polar surface area (TPSA) is 121 Å². The summed E-state index contributed by atoms with van der Waals surface area (Å²) < 4.78 is 53.3. The number of halogens is 1. The molecular formula is C22H22ClN3O5S2. The molecule has 0 atom stereocenters. The average molecular weight is 508 g/mol. The minimum absolute atomic E-state index is 0.00963. The van der Waals surface area contributed by atoms with E-state index in [2.05, 4.69) is 14.8 Å². The average Bonchev–Trinajstić information content (AvgIpc) is 2.72. The molecule has 174 valence electrons. The predicted molar refractivity (Wildman–Crippen MR) is 131 cm³/mol. The maximum Gasteiger partial charge on any atom is 0.261 e. The summed E-state index contributed by atoms with van der Waals surface area (Å²) in [4.78, 5) is 12.7. The second-order valence-corrected chi connectivity index (χ2v) is 11.2. The zero-order valence-corrected chi connectivity index (χ0v) is 20.4. The fraction of sp³-hybridized carbons (Fsp3) is 0.136. The van der Waals surface area contributed by atoms with E-state index in [0.29, 0.717) is 33.2 Å². The number of nitrogens with one attached hydrogen (secondary N) is 3. The zero-order chi connectivity index (χ0) is 24.4. The van der Waals surface area contributed by atoms with Gasteiger partial charge in [-0.2, -0.15) is 0 Å². The van der Waals surface area contributed by atoms with Crippen LogP contribution in [0.2, 0.25) is 5.02 Å². The van der Waals surface area contributed by atoms with E-state index >= 15 is 0 Å². The van der Waals surface area contributed by atoms with Gasteiger partial charge in [-0.1, -0.05) is 23.7 Å². The van der Waals surface area contributed by atoms with Crippen molar-refractivity contribution in [2.75, 3.05) is 21.0 Å². The van der Waals surface area contributed by atoms with Crippen LogP contribution in [-0.2, 0) is 20.0 Å². The molecule has 3 N–H and O–H groups in total. The van der Waals surface area contributed by atoms with Crippen molar-refractivity contribution < 1.29 is 21.6 Å². The smallest absolute Gasteiger partial charge is 0.261 e. The minimum atomic E-state index is -3.87. The number of carbonyl (C=O) groups excluding carboxylic acids is 1. The Hall–Kier alpha value is -3.08. The predicted octanol–water partition coefficient (Wildman–Crippen LogP) is 4.38. The van der Waals surface area contributed by atoms with Gasteiger partial charge in [-0.25, -0.2) is 16.8 Å². The van der Waals surface area contributed by atoms with Gasteiger partial charge in [-0.3, -0.25) is 14.2 Å². The lowest BCUT2D eigenvalue weighted by atomic mass is 10.1. The standard InChI is InChI=1S/C22H22ClN3O5S2/c1-14-18(6-4-8-20(14)25-32(3,28)29)22(27)24-16-10-12-17(13-11-16)33(30,31)26-21-9-5-7-19(23)15(21)2/h4-13,25-26H,1-3H3,(H,24,27). The summed E-state index contributed by atoms with van der Waals surface area (Å²) in [6.07, 6.45) is 1.03. The maximum absolute atomic E-state index is 12.7. The lowest BCUT2D eigenvalue weighted by Crippen LogP contribution is -2.17. The molecule has 8 nitrogen and oxygen atoms in total. The van der Waals surface area contributed by atoms with Gasteiger partial charge in [0.05, 0.1) is 22.5 Å². The van der Waals surface area contributed by atoms with E-state index < -0.39 is 26.0 Å². The number of hydrogen-bond donors (Lipinski definition) is 3. The van der Waals surface area contributed by atoms with Crippen LogP contribution >= 0.6 is 11.6 Å². The van der Waals surface area contributed by atoms with Crippen molar-refractivity contribution in [3.8, 4) is 0 Å². The van der Waals surface area contributed by atoms with Crippen molar-refractivity contribution in [2.24, 2.45) is 0 Å². The number of hydrogen-bond acceptors (Lipinski definition) is 5. The van der Waals surface area contributed by atoms with Crippen LogP contribution < -0.4 is 14.8 Å². The first-order valence-corrected chi connectivity index (χ1v) is 13.4. The number of benzene rings is 3. The molecule has 0 spiro atoms. The van der Waals surface area contributed by atoms with Crippen LogP contribution in [-0.4, -0.2) is 29.0 Å². The second kappa shape index (κ2) is 9.42. The molecule has 0 saturated heterocycles. The lowest BCUT2D eigenvalue weighted by Gasteiger charge is -2.13. The first kappa shape index (κ1) is 24.6. The van der Waals surface area contributed by atoms with Crippen molar-refractivity contribution in [1.29, 1.82) is 0 Å². The molecule has 1 amide bonds. The van der Waals surface area contributed by atoms with Crippen molar-refractivity contribution >= 4 is 54.6 Å². The van der Waals surface area contributed by atoms with Crippen LogP contribution in [0.4, 0.5) is 17.1 Å². The molecule has 0 bridgehead atoms. The van der Waals surface area contributed by atoms with Crippen LogP contribution in [0.3, 0.4) is 0 Å². The van der Waals surface area contributed by atoms with E-state index in [1.807, 2.05) is 0 Å². The Morgan fingerprint density at radius 3 is 1.97 bits per heavy atom. The molecule has 0 aliphatic rings. The van der Waals surface area contributed by atoms with Gasteiger partial charge in [0.2, 0.25) is 10.0 Å². The highest BCUT2D eigenvalue weighted by molar-refractivity contribution is 7.92. The summed E-state index contributed by atoms with van der Waals surface area (Å²) in [5.41, 5.74) is 2.39. The maximum atomic E-state index is 12.7. The van der Waals surface area contributed by atoms with Crippen molar-refractivity contribution in [3.05, 3.63) is 82.4 Å². The van der Waals surface area contributed by atoms with Crippen LogP contribution in [0.5, 0.6) is 0 Å². The fourth-order valence-electron chi connectivity index (χ4n) is 3.03. The van der Waals surface area contributed by atoms with Gasteiger partial charge in [0.25, 0.3) is 15.9 Å². The largest absolute Gasteiger partial charge is 0.322 e.